The van der Waals surface area contributed by atoms with Crippen LogP contribution in [0.5, 0.6) is 0 Å². The maximum Gasteiger partial charge on any atom is 0.416 e. The van der Waals surface area contributed by atoms with Crippen molar-refractivity contribution in [2.75, 3.05) is 18.6 Å². The van der Waals surface area contributed by atoms with E-state index in [-0.39, 0.29) is 23.5 Å². The second-order valence-electron chi connectivity index (χ2n) is 5.19. The van der Waals surface area contributed by atoms with Crippen molar-refractivity contribution < 1.29 is 17.9 Å². The lowest BCUT2D eigenvalue weighted by Crippen LogP contribution is -2.38. The fraction of sp³-hybridized carbons (Fsp3) is 0.500. The van der Waals surface area contributed by atoms with Crippen LogP contribution in [0.4, 0.5) is 18.9 Å². The lowest BCUT2D eigenvalue weighted by molar-refractivity contribution is -0.137. The molecule has 0 aromatic heterocycles. The number of alkyl halides is 3. The molecule has 2 unspecified atom stereocenters. The second-order valence-corrected chi connectivity index (χ2v) is 5.19. The number of rotatable bonds is 3. The highest BCUT2D eigenvalue weighted by Gasteiger charge is 2.33. The fourth-order valence-electron chi connectivity index (χ4n) is 2.64. The van der Waals surface area contributed by atoms with Crippen molar-refractivity contribution in [3.8, 4) is 0 Å². The van der Waals surface area contributed by atoms with Gasteiger partial charge >= 0.3 is 6.18 Å². The molecule has 3 N–H and O–H groups in total. The van der Waals surface area contributed by atoms with Crippen LogP contribution in [0, 0.1) is 5.41 Å². The van der Waals surface area contributed by atoms with Gasteiger partial charge in [-0.25, -0.2) is 0 Å². The number of halogens is 3. The largest absolute Gasteiger partial charge is 0.416 e. The zero-order valence-corrected chi connectivity index (χ0v) is 11.9. The number of nitrogens with zero attached hydrogens (tertiary/aromatic N) is 1. The molecule has 1 aromatic carbocycles. The van der Waals surface area contributed by atoms with Crippen LogP contribution in [0.2, 0.25) is 0 Å². The molecular formula is C14H18F3N3O. The molecule has 21 heavy (non-hydrogen) atoms. The van der Waals surface area contributed by atoms with Gasteiger partial charge in [0.1, 0.15) is 5.84 Å². The molecule has 1 fully saturated rings. The second kappa shape index (κ2) is 5.55. The minimum atomic E-state index is -4.45. The molecule has 0 radical (unpaired) electrons. The maximum absolute atomic E-state index is 12.8. The van der Waals surface area contributed by atoms with Crippen LogP contribution in [0.25, 0.3) is 0 Å². The Morgan fingerprint density at radius 2 is 2.10 bits per heavy atom. The van der Waals surface area contributed by atoms with Crippen molar-refractivity contribution in [1.29, 1.82) is 5.41 Å². The van der Waals surface area contributed by atoms with Crippen molar-refractivity contribution in [3.63, 3.8) is 0 Å². The van der Waals surface area contributed by atoms with Gasteiger partial charge < -0.3 is 15.4 Å². The molecule has 1 aromatic rings. The number of ether oxygens (including phenoxy) is 1. The number of likely N-dealkylation sites (N-methyl/N-ethyl adjacent to an activating group) is 1. The van der Waals surface area contributed by atoms with Gasteiger partial charge in [0, 0.05) is 24.9 Å². The molecular weight excluding hydrogens is 283 g/mol. The van der Waals surface area contributed by atoms with E-state index in [0.717, 1.165) is 18.6 Å². The number of nitrogen functional groups attached to an aromatic ring is 1. The van der Waals surface area contributed by atoms with Gasteiger partial charge in [0.15, 0.2) is 0 Å². The van der Waals surface area contributed by atoms with E-state index < -0.39 is 11.7 Å². The standard InChI is InChI=1S/C14H18F3N3O/c1-8-11(5-6-21-8)20(2)12-4-3-9(14(15,16)17)7-10(12)13(18)19/h3-4,7-8,11H,5-6H2,1-2H3,(H3,18,19). The van der Waals surface area contributed by atoms with Crippen LogP contribution >= 0.6 is 0 Å². The SMILES string of the molecule is CC1OCCC1N(C)c1ccc(C(F)(F)F)cc1C(=N)N. The summed E-state index contributed by atoms with van der Waals surface area (Å²) in [5.41, 5.74) is 5.25. The van der Waals surface area contributed by atoms with E-state index in [1.54, 1.807) is 7.05 Å². The number of hydrogen-bond acceptors (Lipinski definition) is 3. The van der Waals surface area contributed by atoms with E-state index in [1.165, 1.54) is 6.07 Å². The normalized spacial score (nSPS) is 22.3. The molecule has 1 heterocycles. The monoisotopic (exact) mass is 301 g/mol. The molecule has 0 saturated carbocycles. The minimum absolute atomic E-state index is 0.0166. The molecule has 2 rings (SSSR count). The summed E-state index contributed by atoms with van der Waals surface area (Å²) >= 11 is 0. The Hall–Kier alpha value is -1.76. The van der Waals surface area contributed by atoms with Crippen molar-refractivity contribution >= 4 is 11.5 Å². The highest BCUT2D eigenvalue weighted by Crippen LogP contribution is 2.34. The lowest BCUT2D eigenvalue weighted by Gasteiger charge is -2.30. The molecule has 0 bridgehead atoms. The van der Waals surface area contributed by atoms with Gasteiger partial charge in [0.25, 0.3) is 0 Å². The lowest BCUT2D eigenvalue weighted by atomic mass is 10.0. The van der Waals surface area contributed by atoms with Crippen molar-refractivity contribution in [2.24, 2.45) is 5.73 Å². The van der Waals surface area contributed by atoms with E-state index in [4.69, 9.17) is 15.9 Å². The predicted molar refractivity (Wildman–Crippen MR) is 74.7 cm³/mol. The molecule has 0 aliphatic carbocycles. The average Bonchev–Trinajstić information content (AvgIpc) is 2.82. The van der Waals surface area contributed by atoms with Gasteiger partial charge in [0.05, 0.1) is 17.7 Å². The van der Waals surface area contributed by atoms with Crippen LogP contribution in [0.1, 0.15) is 24.5 Å². The summed E-state index contributed by atoms with van der Waals surface area (Å²) in [6.07, 6.45) is -3.68. The first-order chi connectivity index (χ1) is 9.71. The number of hydrogen-bond donors (Lipinski definition) is 2. The molecule has 1 aliphatic rings. The first kappa shape index (κ1) is 15.6. The first-order valence-corrected chi connectivity index (χ1v) is 6.62. The third-order valence-electron chi connectivity index (χ3n) is 3.83. The number of anilines is 1. The van der Waals surface area contributed by atoms with Crippen LogP contribution in [0.15, 0.2) is 18.2 Å². The summed E-state index contributed by atoms with van der Waals surface area (Å²) in [7, 11) is 1.78. The van der Waals surface area contributed by atoms with E-state index in [2.05, 4.69) is 0 Å². The maximum atomic E-state index is 12.8. The third-order valence-corrected chi connectivity index (χ3v) is 3.83. The van der Waals surface area contributed by atoms with Gasteiger partial charge in [-0.1, -0.05) is 0 Å². The van der Waals surface area contributed by atoms with Gasteiger partial charge in [-0.15, -0.1) is 0 Å². The topological polar surface area (TPSA) is 62.3 Å². The summed E-state index contributed by atoms with van der Waals surface area (Å²) in [6.45, 7) is 2.54. The third kappa shape index (κ3) is 3.12. The van der Waals surface area contributed by atoms with Crippen LogP contribution in [-0.4, -0.2) is 31.6 Å². The van der Waals surface area contributed by atoms with Gasteiger partial charge in [-0.05, 0) is 31.5 Å². The van der Waals surface area contributed by atoms with E-state index in [1.807, 2.05) is 11.8 Å². The van der Waals surface area contributed by atoms with Gasteiger partial charge in [-0.3, -0.25) is 5.41 Å². The Morgan fingerprint density at radius 1 is 1.43 bits per heavy atom. The Labute approximate surface area is 121 Å². The summed E-state index contributed by atoms with van der Waals surface area (Å²) in [6, 6.07) is 3.36. The number of amidine groups is 1. The van der Waals surface area contributed by atoms with Crippen LogP contribution in [0.3, 0.4) is 0 Å². The first-order valence-electron chi connectivity index (χ1n) is 6.62. The minimum Gasteiger partial charge on any atom is -0.384 e. The van der Waals surface area contributed by atoms with Gasteiger partial charge in [-0.2, -0.15) is 13.2 Å². The summed E-state index contributed by atoms with van der Waals surface area (Å²) in [5.74, 6) is -0.380. The zero-order chi connectivity index (χ0) is 15.8. The summed E-state index contributed by atoms with van der Waals surface area (Å²) in [4.78, 5) is 1.84. The Balaban J connectivity index is 2.41. The Bertz CT molecular complexity index is 545. The quantitative estimate of drug-likeness (QED) is 0.666. The average molecular weight is 301 g/mol. The van der Waals surface area contributed by atoms with Crippen molar-refractivity contribution in [1.82, 2.24) is 0 Å². The number of benzene rings is 1. The van der Waals surface area contributed by atoms with Crippen molar-refractivity contribution in [2.45, 2.75) is 31.7 Å². The highest BCUT2D eigenvalue weighted by molar-refractivity contribution is 6.00. The molecule has 0 amide bonds. The summed E-state index contributed by atoms with van der Waals surface area (Å²) in [5, 5.41) is 7.54. The Kier molecular flexibility index (Phi) is 4.13. The summed E-state index contributed by atoms with van der Waals surface area (Å²) < 4.78 is 43.8. The zero-order valence-electron chi connectivity index (χ0n) is 11.9. The smallest absolute Gasteiger partial charge is 0.384 e. The van der Waals surface area contributed by atoms with E-state index >= 15 is 0 Å². The molecule has 4 nitrogen and oxygen atoms in total. The van der Waals surface area contributed by atoms with Crippen molar-refractivity contribution in [3.05, 3.63) is 29.3 Å². The molecule has 116 valence electrons. The van der Waals surface area contributed by atoms with Gasteiger partial charge in [0.2, 0.25) is 0 Å². The predicted octanol–water partition coefficient (Wildman–Crippen LogP) is 2.60. The van der Waals surface area contributed by atoms with Crippen LogP contribution < -0.4 is 10.6 Å². The fourth-order valence-corrected chi connectivity index (χ4v) is 2.64. The van der Waals surface area contributed by atoms with Crippen LogP contribution in [-0.2, 0) is 10.9 Å². The highest BCUT2D eigenvalue weighted by atomic mass is 19.4. The Morgan fingerprint density at radius 3 is 2.57 bits per heavy atom. The molecule has 0 spiro atoms. The van der Waals surface area contributed by atoms with E-state index in [9.17, 15) is 13.2 Å². The molecule has 1 aliphatic heterocycles. The van der Waals surface area contributed by atoms with E-state index in [0.29, 0.717) is 12.3 Å². The molecule has 1 saturated heterocycles. The number of nitrogens with one attached hydrogen (secondary N) is 1. The molecule has 7 heteroatoms. The molecule has 2 atom stereocenters. The number of nitrogens with two attached hydrogens (primary N) is 1.